The molecule has 9 heteroatoms. The fourth-order valence-electron chi connectivity index (χ4n) is 8.16. The Morgan fingerprint density at radius 1 is 0.894 bits per heavy atom. The van der Waals surface area contributed by atoms with Crippen molar-refractivity contribution in [3.05, 3.63) is 41.0 Å². The van der Waals surface area contributed by atoms with E-state index in [9.17, 15) is 19.5 Å². The van der Waals surface area contributed by atoms with Crippen molar-refractivity contribution in [1.82, 2.24) is 20.5 Å². The van der Waals surface area contributed by atoms with Crippen LogP contribution in [-0.4, -0.2) is 57.4 Å². The predicted octanol–water partition coefficient (Wildman–Crippen LogP) is 6.96. The highest BCUT2D eigenvalue weighted by Crippen LogP contribution is 2.38. The van der Waals surface area contributed by atoms with Crippen molar-refractivity contribution in [2.45, 2.75) is 136 Å². The Kier molecular flexibility index (Phi) is 11.8. The zero-order valence-corrected chi connectivity index (χ0v) is 29.9. The first kappa shape index (κ1) is 35.5. The Hall–Kier alpha value is -2.78. The highest BCUT2D eigenvalue weighted by molar-refractivity contribution is 7.13. The van der Waals surface area contributed by atoms with Crippen LogP contribution < -0.4 is 10.6 Å². The van der Waals surface area contributed by atoms with Gasteiger partial charge in [-0.1, -0.05) is 103 Å². The predicted molar refractivity (Wildman–Crippen MR) is 188 cm³/mol. The highest BCUT2D eigenvalue weighted by atomic mass is 32.1. The molecule has 47 heavy (non-hydrogen) atoms. The molecular weight excluding hydrogens is 609 g/mol. The third-order valence-corrected chi connectivity index (χ3v) is 12.0. The minimum Gasteiger partial charge on any atom is -0.391 e. The molecule has 3 fully saturated rings. The largest absolute Gasteiger partial charge is 0.391 e. The molecule has 3 amide bonds. The fraction of sp³-hybridized carbons (Fsp3) is 0.684. The summed E-state index contributed by atoms with van der Waals surface area (Å²) in [7, 11) is 0. The minimum atomic E-state index is -0.807. The second kappa shape index (κ2) is 15.6. The first-order valence-corrected chi connectivity index (χ1v) is 18.9. The number of likely N-dealkylation sites (tertiary alicyclic amines) is 1. The molecule has 3 N–H and O–H groups in total. The fourth-order valence-corrected chi connectivity index (χ4v) is 8.97. The summed E-state index contributed by atoms with van der Waals surface area (Å²) >= 11 is 1.60. The summed E-state index contributed by atoms with van der Waals surface area (Å²) in [5, 5.41) is 16.9. The standard InChI is InChI=1S/C38H56N4O4S/c1-24(26-17-19-29(20-18-26)33-25(2)39-23-47-33)40-36(45)32-21-31(43)22-42(32)37(46)34(38(3,4)5)41-35(44)30-15-9-13-28(14-10-16-30)27-11-7-6-8-12-27/h17-20,23-24,27-28,30-32,34,43H,6-16,21-22H2,1-5H3,(H,40,45)(H,41,44)/t24-,28?,30?,31+,32?,34+/m0/s1. The van der Waals surface area contributed by atoms with Gasteiger partial charge in [-0.25, -0.2) is 4.98 Å². The van der Waals surface area contributed by atoms with Crippen molar-refractivity contribution in [3.8, 4) is 10.4 Å². The number of amides is 3. The number of carbonyl (C=O) groups is 3. The molecule has 1 aromatic carbocycles. The summed E-state index contributed by atoms with van der Waals surface area (Å²) in [5.41, 5.74) is 4.29. The molecule has 1 aliphatic heterocycles. The van der Waals surface area contributed by atoms with Crippen LogP contribution in [0.25, 0.3) is 10.4 Å². The van der Waals surface area contributed by atoms with Crippen LogP contribution in [0, 0.1) is 30.1 Å². The molecule has 2 aliphatic carbocycles. The van der Waals surface area contributed by atoms with E-state index < -0.39 is 23.6 Å². The van der Waals surface area contributed by atoms with Crippen LogP contribution in [0.2, 0.25) is 0 Å². The minimum absolute atomic E-state index is 0.0549. The maximum Gasteiger partial charge on any atom is 0.246 e. The molecule has 4 atom stereocenters. The van der Waals surface area contributed by atoms with E-state index in [1.807, 2.05) is 64.4 Å². The molecule has 258 valence electrons. The van der Waals surface area contributed by atoms with Gasteiger partial charge in [-0.3, -0.25) is 14.4 Å². The second-order valence-corrected chi connectivity index (χ2v) is 16.4. The van der Waals surface area contributed by atoms with E-state index in [2.05, 4.69) is 15.6 Å². The zero-order valence-electron chi connectivity index (χ0n) is 29.1. The van der Waals surface area contributed by atoms with Crippen molar-refractivity contribution in [1.29, 1.82) is 0 Å². The number of aliphatic hydroxyl groups is 1. The number of aliphatic hydroxyl groups excluding tert-OH is 1. The third-order valence-electron chi connectivity index (χ3n) is 11.0. The van der Waals surface area contributed by atoms with E-state index in [0.717, 1.165) is 59.2 Å². The monoisotopic (exact) mass is 664 g/mol. The number of rotatable bonds is 8. The van der Waals surface area contributed by atoms with Crippen LogP contribution in [0.3, 0.4) is 0 Å². The summed E-state index contributed by atoms with van der Waals surface area (Å²) in [4.78, 5) is 48.5. The average molecular weight is 665 g/mol. The van der Waals surface area contributed by atoms with Gasteiger partial charge in [-0.15, -0.1) is 11.3 Å². The zero-order chi connectivity index (χ0) is 33.7. The molecule has 0 radical (unpaired) electrons. The van der Waals surface area contributed by atoms with Crippen LogP contribution in [0.1, 0.15) is 122 Å². The smallest absolute Gasteiger partial charge is 0.246 e. The lowest BCUT2D eigenvalue weighted by Gasteiger charge is -2.37. The van der Waals surface area contributed by atoms with Gasteiger partial charge in [0.2, 0.25) is 17.7 Å². The first-order valence-electron chi connectivity index (χ1n) is 18.0. The number of hydrogen-bond donors (Lipinski definition) is 3. The van der Waals surface area contributed by atoms with E-state index >= 15 is 0 Å². The summed E-state index contributed by atoms with van der Waals surface area (Å²) < 4.78 is 0. The summed E-state index contributed by atoms with van der Waals surface area (Å²) in [6.45, 7) is 9.83. The molecule has 3 aliphatic rings. The van der Waals surface area contributed by atoms with Crippen LogP contribution in [0.5, 0.6) is 0 Å². The third kappa shape index (κ3) is 8.83. The number of β-amino-alcohol motifs (C(OH)–C–C–N with tert-alkyl or cyclic N) is 1. The topological polar surface area (TPSA) is 112 Å². The number of nitrogens with zero attached hydrogens (tertiary/aromatic N) is 2. The average Bonchev–Trinajstić information content (AvgIpc) is 3.64. The Morgan fingerprint density at radius 2 is 1.51 bits per heavy atom. The SMILES string of the molecule is Cc1ncsc1-c1ccc([C@H](C)NC(=O)C2C[C@@H](O)CN2C(=O)[C@@H](NC(=O)C2CCCC(C3CCCCC3)CCC2)C(C)(C)C)cc1. The van der Waals surface area contributed by atoms with Gasteiger partial charge in [0, 0.05) is 18.9 Å². The molecule has 2 saturated carbocycles. The van der Waals surface area contributed by atoms with Crippen molar-refractivity contribution >= 4 is 29.1 Å². The van der Waals surface area contributed by atoms with Gasteiger partial charge in [0.1, 0.15) is 12.1 Å². The van der Waals surface area contributed by atoms with E-state index in [4.69, 9.17) is 0 Å². The maximum atomic E-state index is 14.2. The summed E-state index contributed by atoms with van der Waals surface area (Å²) in [5.74, 6) is 0.901. The maximum absolute atomic E-state index is 14.2. The molecule has 1 saturated heterocycles. The number of nitrogens with one attached hydrogen (secondary N) is 2. The van der Waals surface area contributed by atoms with Crippen molar-refractivity contribution < 1.29 is 19.5 Å². The van der Waals surface area contributed by atoms with E-state index in [0.29, 0.717) is 0 Å². The molecule has 0 spiro atoms. The lowest BCUT2D eigenvalue weighted by molar-refractivity contribution is -0.144. The Labute approximate surface area is 285 Å². The molecular formula is C38H56N4O4S. The van der Waals surface area contributed by atoms with Gasteiger partial charge >= 0.3 is 0 Å². The quantitative estimate of drug-likeness (QED) is 0.283. The molecule has 5 rings (SSSR count). The van der Waals surface area contributed by atoms with Crippen LogP contribution >= 0.6 is 11.3 Å². The normalized spacial score (nSPS) is 25.8. The van der Waals surface area contributed by atoms with Crippen LogP contribution in [0.15, 0.2) is 29.8 Å². The number of aromatic nitrogens is 1. The van der Waals surface area contributed by atoms with Gasteiger partial charge in [-0.05, 0) is 55.1 Å². The lowest BCUT2D eigenvalue weighted by atomic mass is 9.73. The molecule has 1 unspecified atom stereocenters. The molecule has 2 heterocycles. The van der Waals surface area contributed by atoms with Crippen molar-refractivity contribution in [3.63, 3.8) is 0 Å². The highest BCUT2D eigenvalue weighted by Gasteiger charge is 2.45. The van der Waals surface area contributed by atoms with Crippen LogP contribution in [-0.2, 0) is 14.4 Å². The Morgan fingerprint density at radius 3 is 2.09 bits per heavy atom. The van der Waals surface area contributed by atoms with Gasteiger partial charge in [0.15, 0.2) is 0 Å². The number of aryl methyl sites for hydroxylation is 1. The summed E-state index contributed by atoms with van der Waals surface area (Å²) in [6.07, 6.45) is 12.4. The van der Waals surface area contributed by atoms with Gasteiger partial charge < -0.3 is 20.6 Å². The summed E-state index contributed by atoms with van der Waals surface area (Å²) in [6, 6.07) is 6.19. The Bertz CT molecular complexity index is 1350. The van der Waals surface area contributed by atoms with Gasteiger partial charge in [-0.2, -0.15) is 0 Å². The number of hydrogen-bond acceptors (Lipinski definition) is 6. The molecule has 2 aromatic rings. The van der Waals surface area contributed by atoms with Gasteiger partial charge in [0.05, 0.1) is 28.2 Å². The number of thiazole rings is 1. The van der Waals surface area contributed by atoms with Gasteiger partial charge in [0.25, 0.3) is 0 Å². The van der Waals surface area contributed by atoms with Crippen molar-refractivity contribution in [2.24, 2.45) is 23.2 Å². The van der Waals surface area contributed by atoms with Crippen molar-refractivity contribution in [2.75, 3.05) is 6.54 Å². The van der Waals surface area contributed by atoms with Crippen LogP contribution in [0.4, 0.5) is 0 Å². The van der Waals surface area contributed by atoms with E-state index in [-0.39, 0.29) is 42.6 Å². The number of carbonyl (C=O) groups excluding carboxylic acids is 3. The second-order valence-electron chi connectivity index (χ2n) is 15.5. The number of benzene rings is 1. The van der Waals surface area contributed by atoms with E-state index in [1.165, 1.54) is 49.8 Å². The Balaban J connectivity index is 1.20. The van der Waals surface area contributed by atoms with E-state index in [1.54, 1.807) is 11.3 Å². The first-order chi connectivity index (χ1) is 22.4. The molecule has 1 aromatic heterocycles. The molecule has 8 nitrogen and oxygen atoms in total. The lowest BCUT2D eigenvalue weighted by Crippen LogP contribution is -2.58. The molecule has 0 bridgehead atoms.